The first kappa shape index (κ1) is 11.9. The highest BCUT2D eigenvalue weighted by Crippen LogP contribution is 2.17. The summed E-state index contributed by atoms with van der Waals surface area (Å²) in [7, 11) is 0. The van der Waals surface area contributed by atoms with Crippen molar-refractivity contribution in [3.05, 3.63) is 30.5 Å². The van der Waals surface area contributed by atoms with Gasteiger partial charge in [0.1, 0.15) is 11.5 Å². The molecule has 1 aromatic carbocycles. The number of anilines is 1. The van der Waals surface area contributed by atoms with Gasteiger partial charge in [0.25, 0.3) is 5.91 Å². The van der Waals surface area contributed by atoms with E-state index in [-0.39, 0.29) is 11.7 Å². The highest BCUT2D eigenvalue weighted by atomic mass is 16.5. The minimum absolute atomic E-state index is 0.141. The quantitative estimate of drug-likeness (QED) is 0.746. The van der Waals surface area contributed by atoms with Gasteiger partial charge >= 0.3 is 0 Å². The van der Waals surface area contributed by atoms with Crippen molar-refractivity contribution in [1.29, 1.82) is 0 Å². The zero-order valence-electron chi connectivity index (χ0n) is 9.62. The highest BCUT2D eigenvalue weighted by Gasteiger charge is 2.15. The molecule has 0 aliphatic rings. The Balaban J connectivity index is 1.93. The van der Waals surface area contributed by atoms with E-state index in [2.05, 4.69) is 20.7 Å². The maximum atomic E-state index is 11.7. The van der Waals surface area contributed by atoms with Gasteiger partial charge in [-0.1, -0.05) is 0 Å². The predicted octanol–water partition coefficient (Wildman–Crippen LogP) is 0.916. The van der Waals surface area contributed by atoms with Crippen molar-refractivity contribution in [1.82, 2.24) is 15.4 Å². The molecule has 1 aromatic heterocycles. The molecule has 18 heavy (non-hydrogen) atoms. The predicted molar refractivity (Wildman–Crippen MR) is 63.2 cm³/mol. The number of rotatable bonds is 4. The van der Waals surface area contributed by atoms with Crippen molar-refractivity contribution >= 4 is 11.7 Å². The number of aromatic hydroxyl groups is 1. The monoisotopic (exact) mass is 248 g/mol. The second kappa shape index (κ2) is 5.17. The Kier molecular flexibility index (Phi) is 3.42. The van der Waals surface area contributed by atoms with Crippen molar-refractivity contribution in [2.75, 3.05) is 5.32 Å². The minimum atomic E-state index is -0.689. The Morgan fingerprint density at radius 1 is 1.44 bits per heavy atom. The molecule has 0 saturated carbocycles. The minimum Gasteiger partial charge on any atom is -0.508 e. The number of hydrogen-bond acceptors (Lipinski definition) is 5. The number of H-pyrrole nitrogens is 1. The molecule has 0 bridgehead atoms. The van der Waals surface area contributed by atoms with Crippen molar-refractivity contribution in [2.45, 2.75) is 13.0 Å². The maximum Gasteiger partial charge on any atom is 0.266 e. The molecule has 7 heteroatoms. The molecular formula is C11H12N4O3. The Hall–Kier alpha value is -2.57. The summed E-state index contributed by atoms with van der Waals surface area (Å²) in [6.45, 7) is 1.61. The zero-order chi connectivity index (χ0) is 13.0. The Morgan fingerprint density at radius 2 is 2.17 bits per heavy atom. The number of nitrogens with one attached hydrogen (secondary N) is 2. The fraction of sp³-hybridized carbons (Fsp3) is 0.182. The topological polar surface area (TPSA) is 100 Å². The van der Waals surface area contributed by atoms with E-state index < -0.39 is 6.10 Å². The molecule has 1 amide bonds. The number of aromatic amines is 1. The molecule has 0 aliphatic carbocycles. The third-order valence-electron chi connectivity index (χ3n) is 2.19. The van der Waals surface area contributed by atoms with Crippen LogP contribution in [0.2, 0.25) is 0 Å². The molecule has 1 unspecified atom stereocenters. The summed E-state index contributed by atoms with van der Waals surface area (Å²) in [6, 6.07) is 6.12. The SMILES string of the molecule is CC(Oc1ccc(O)cc1)C(=O)Nc1cn[nH]n1. The standard InChI is InChI=1S/C11H12N4O3/c1-7(11(17)13-10-6-12-15-14-10)18-9-4-2-8(16)3-5-9/h2-7,16H,1H3,(H2,12,13,14,15,17). The molecule has 0 saturated heterocycles. The summed E-state index contributed by atoms with van der Waals surface area (Å²) >= 11 is 0. The first-order valence-corrected chi connectivity index (χ1v) is 5.27. The molecule has 0 fully saturated rings. The summed E-state index contributed by atoms with van der Waals surface area (Å²) in [5.74, 6) is 0.635. The number of benzene rings is 1. The molecule has 0 radical (unpaired) electrons. The molecule has 2 rings (SSSR count). The molecule has 1 atom stereocenters. The van der Waals surface area contributed by atoms with E-state index in [1.165, 1.54) is 18.3 Å². The van der Waals surface area contributed by atoms with E-state index in [1.54, 1.807) is 19.1 Å². The Morgan fingerprint density at radius 3 is 2.78 bits per heavy atom. The van der Waals surface area contributed by atoms with Gasteiger partial charge in [-0.3, -0.25) is 4.79 Å². The molecule has 94 valence electrons. The van der Waals surface area contributed by atoms with Gasteiger partial charge in [0.2, 0.25) is 0 Å². The number of phenolic OH excluding ortho intramolecular Hbond substituents is 1. The van der Waals surface area contributed by atoms with Crippen LogP contribution in [0.1, 0.15) is 6.92 Å². The third kappa shape index (κ3) is 2.97. The van der Waals surface area contributed by atoms with Crippen molar-refractivity contribution in [2.24, 2.45) is 0 Å². The molecular weight excluding hydrogens is 236 g/mol. The van der Waals surface area contributed by atoms with Crippen molar-refractivity contribution in [3.63, 3.8) is 0 Å². The van der Waals surface area contributed by atoms with E-state index in [0.29, 0.717) is 11.6 Å². The normalized spacial score (nSPS) is 11.8. The maximum absolute atomic E-state index is 11.7. The third-order valence-corrected chi connectivity index (χ3v) is 2.19. The molecule has 3 N–H and O–H groups in total. The van der Waals surface area contributed by atoms with Crippen LogP contribution in [0, 0.1) is 0 Å². The number of amides is 1. The van der Waals surface area contributed by atoms with Crippen LogP contribution in [0.15, 0.2) is 30.5 Å². The first-order chi connectivity index (χ1) is 8.65. The second-order valence-electron chi connectivity index (χ2n) is 3.60. The second-order valence-corrected chi connectivity index (χ2v) is 3.60. The van der Waals surface area contributed by atoms with E-state index in [9.17, 15) is 4.79 Å². The van der Waals surface area contributed by atoms with Gasteiger partial charge in [0.15, 0.2) is 11.9 Å². The Labute approximate surface area is 103 Å². The number of carbonyl (C=O) groups is 1. The summed E-state index contributed by atoms with van der Waals surface area (Å²) < 4.78 is 5.40. The summed E-state index contributed by atoms with van der Waals surface area (Å²) in [6.07, 6.45) is 0.705. The molecule has 0 aliphatic heterocycles. The number of phenols is 1. The van der Waals surface area contributed by atoms with E-state index in [0.717, 1.165) is 0 Å². The lowest BCUT2D eigenvalue weighted by Crippen LogP contribution is -2.30. The lowest BCUT2D eigenvalue weighted by atomic mass is 10.3. The van der Waals surface area contributed by atoms with Gasteiger partial charge in [-0.25, -0.2) is 0 Å². The van der Waals surface area contributed by atoms with Gasteiger partial charge in [0, 0.05) is 0 Å². The van der Waals surface area contributed by atoms with Crippen LogP contribution >= 0.6 is 0 Å². The number of hydrogen-bond donors (Lipinski definition) is 3. The van der Waals surface area contributed by atoms with Crippen molar-refractivity contribution < 1.29 is 14.6 Å². The van der Waals surface area contributed by atoms with Crippen LogP contribution in [0.3, 0.4) is 0 Å². The zero-order valence-corrected chi connectivity index (χ0v) is 9.62. The van der Waals surface area contributed by atoms with Crippen LogP contribution in [0.25, 0.3) is 0 Å². The number of aromatic nitrogens is 3. The Bertz CT molecular complexity index is 510. The van der Waals surface area contributed by atoms with E-state index in [1.807, 2.05) is 0 Å². The number of ether oxygens (including phenoxy) is 1. The van der Waals surface area contributed by atoms with Gasteiger partial charge in [0.05, 0.1) is 6.20 Å². The van der Waals surface area contributed by atoms with Crippen molar-refractivity contribution in [3.8, 4) is 11.5 Å². The number of nitrogens with zero attached hydrogens (tertiary/aromatic N) is 2. The fourth-order valence-electron chi connectivity index (χ4n) is 1.27. The molecule has 0 spiro atoms. The van der Waals surface area contributed by atoms with E-state index in [4.69, 9.17) is 9.84 Å². The van der Waals surface area contributed by atoms with Crippen LogP contribution < -0.4 is 10.1 Å². The van der Waals surface area contributed by atoms with E-state index >= 15 is 0 Å². The number of carbonyl (C=O) groups excluding carboxylic acids is 1. The average Bonchev–Trinajstić information content (AvgIpc) is 2.85. The van der Waals surface area contributed by atoms with Gasteiger partial charge in [-0.15, -0.1) is 5.10 Å². The fourth-order valence-corrected chi connectivity index (χ4v) is 1.27. The first-order valence-electron chi connectivity index (χ1n) is 5.27. The molecule has 7 nitrogen and oxygen atoms in total. The van der Waals surface area contributed by atoms with Crippen LogP contribution in [-0.2, 0) is 4.79 Å². The molecule has 2 aromatic rings. The van der Waals surface area contributed by atoms with Crippen LogP contribution in [0.5, 0.6) is 11.5 Å². The molecule has 1 heterocycles. The lowest BCUT2D eigenvalue weighted by molar-refractivity contribution is -0.122. The summed E-state index contributed by atoms with van der Waals surface area (Å²) in [5, 5.41) is 21.3. The lowest BCUT2D eigenvalue weighted by Gasteiger charge is -2.13. The van der Waals surface area contributed by atoms with Gasteiger partial charge in [-0.05, 0) is 31.2 Å². The smallest absolute Gasteiger partial charge is 0.266 e. The van der Waals surface area contributed by atoms with Crippen LogP contribution in [-0.4, -0.2) is 32.5 Å². The van der Waals surface area contributed by atoms with Gasteiger partial charge in [-0.2, -0.15) is 10.3 Å². The average molecular weight is 248 g/mol. The summed E-state index contributed by atoms with van der Waals surface area (Å²) in [5.41, 5.74) is 0. The van der Waals surface area contributed by atoms with Crippen LogP contribution in [0.4, 0.5) is 5.82 Å². The highest BCUT2D eigenvalue weighted by molar-refractivity contribution is 5.93. The largest absolute Gasteiger partial charge is 0.508 e. The summed E-state index contributed by atoms with van der Waals surface area (Å²) in [4.78, 5) is 11.7. The van der Waals surface area contributed by atoms with Gasteiger partial charge < -0.3 is 15.2 Å².